The molecule has 2 heterocycles. The molecule has 0 unspecified atom stereocenters. The Hall–Kier alpha value is -2.65. The first-order chi connectivity index (χ1) is 13.9. The molecule has 0 saturated carbocycles. The van der Waals surface area contributed by atoms with Crippen LogP contribution in [0.1, 0.15) is 34.1 Å². The monoisotopic (exact) mass is 430 g/mol. The van der Waals surface area contributed by atoms with Gasteiger partial charge in [0.15, 0.2) is 5.16 Å². The molecule has 3 rings (SSSR count). The number of nitrogens with one attached hydrogen (secondary N) is 1. The van der Waals surface area contributed by atoms with Gasteiger partial charge in [-0.3, -0.25) is 4.79 Å². The number of amides is 1. The van der Waals surface area contributed by atoms with Crippen LogP contribution in [0.2, 0.25) is 0 Å². The number of aryl methyl sites for hydroxylation is 2. The summed E-state index contributed by atoms with van der Waals surface area (Å²) in [6.45, 7) is 6.13. The van der Waals surface area contributed by atoms with Crippen LogP contribution in [-0.2, 0) is 9.53 Å². The normalized spacial score (nSPS) is 10.9. The molecule has 0 saturated heterocycles. The second-order valence-corrected chi connectivity index (χ2v) is 8.56. The molecule has 0 fully saturated rings. The number of rotatable bonds is 7. The molecule has 1 amide bonds. The Labute approximate surface area is 177 Å². The lowest BCUT2D eigenvalue weighted by Gasteiger charge is -2.07. The topological polar surface area (TPSA) is 107 Å². The number of hydrogen-bond acceptors (Lipinski definition) is 8. The van der Waals surface area contributed by atoms with Crippen LogP contribution in [0.5, 0.6) is 0 Å². The first kappa shape index (κ1) is 21.1. The van der Waals surface area contributed by atoms with E-state index in [-0.39, 0.29) is 11.9 Å². The summed E-state index contributed by atoms with van der Waals surface area (Å²) in [7, 11) is 0. The largest absolute Gasteiger partial charge is 0.462 e. The first-order valence-electron chi connectivity index (χ1n) is 9.12. The number of anilines is 2. The zero-order chi connectivity index (χ0) is 21.0. The van der Waals surface area contributed by atoms with Crippen LogP contribution in [0.3, 0.4) is 0 Å². The number of thiophene rings is 1. The summed E-state index contributed by atoms with van der Waals surface area (Å²) in [5.74, 6) is 0.499. The lowest BCUT2D eigenvalue weighted by atomic mass is 10.2. The van der Waals surface area contributed by atoms with Crippen molar-refractivity contribution < 1.29 is 14.3 Å². The molecule has 0 bridgehead atoms. The predicted molar refractivity (Wildman–Crippen MR) is 118 cm³/mol. The molecule has 9 heteroatoms. The minimum absolute atomic E-state index is 0.127. The number of carbonyl (C=O) groups is 2. The van der Waals surface area contributed by atoms with E-state index in [0.717, 1.165) is 15.8 Å². The molecule has 2 aromatic heterocycles. The van der Waals surface area contributed by atoms with E-state index < -0.39 is 0 Å². The molecule has 0 aliphatic carbocycles. The third-order valence-corrected chi connectivity index (χ3v) is 6.23. The van der Waals surface area contributed by atoms with Gasteiger partial charge in [-0.05, 0) is 50.6 Å². The molecule has 7 nitrogen and oxygen atoms in total. The third kappa shape index (κ3) is 5.04. The predicted octanol–water partition coefficient (Wildman–Crippen LogP) is 4.19. The van der Waals surface area contributed by atoms with Crippen molar-refractivity contribution in [3.8, 4) is 0 Å². The summed E-state index contributed by atoms with van der Waals surface area (Å²) < 4.78 is 4.94. The van der Waals surface area contributed by atoms with E-state index >= 15 is 0 Å². The molecule has 0 atom stereocenters. The molecule has 0 radical (unpaired) electrons. The highest BCUT2D eigenvalue weighted by Gasteiger charge is 2.13. The Morgan fingerprint density at radius 3 is 2.62 bits per heavy atom. The summed E-state index contributed by atoms with van der Waals surface area (Å²) >= 11 is 3.00. The van der Waals surface area contributed by atoms with Crippen LogP contribution >= 0.6 is 23.1 Å². The Morgan fingerprint density at radius 1 is 1.21 bits per heavy atom. The molecule has 0 aliphatic heterocycles. The van der Waals surface area contributed by atoms with Crippen LogP contribution in [0.15, 0.2) is 29.4 Å². The first-order valence-corrected chi connectivity index (χ1v) is 10.9. The number of nitrogen functional groups attached to an aromatic ring is 1. The Bertz CT molecular complexity index is 1050. The summed E-state index contributed by atoms with van der Waals surface area (Å²) in [5.41, 5.74) is 8.28. The average Bonchev–Trinajstić information content (AvgIpc) is 2.96. The molecular weight excluding hydrogens is 408 g/mol. The van der Waals surface area contributed by atoms with Gasteiger partial charge in [0.25, 0.3) is 0 Å². The minimum Gasteiger partial charge on any atom is -0.462 e. The van der Waals surface area contributed by atoms with Crippen LogP contribution in [0.4, 0.5) is 11.5 Å². The van der Waals surface area contributed by atoms with E-state index in [9.17, 15) is 9.59 Å². The number of hydrogen-bond donors (Lipinski definition) is 2. The minimum atomic E-state index is -0.380. The van der Waals surface area contributed by atoms with E-state index in [0.29, 0.717) is 41.0 Å². The maximum Gasteiger partial charge on any atom is 0.338 e. The Morgan fingerprint density at radius 2 is 1.93 bits per heavy atom. The average molecular weight is 431 g/mol. The van der Waals surface area contributed by atoms with Crippen LogP contribution < -0.4 is 11.1 Å². The van der Waals surface area contributed by atoms with Crippen molar-refractivity contribution in [3.05, 3.63) is 40.3 Å². The molecular formula is C20H22N4O3S2. The van der Waals surface area contributed by atoms with Gasteiger partial charge in [-0.2, -0.15) is 0 Å². The maximum absolute atomic E-state index is 12.2. The van der Waals surface area contributed by atoms with Gasteiger partial charge in [0.05, 0.1) is 17.6 Å². The molecule has 29 heavy (non-hydrogen) atoms. The van der Waals surface area contributed by atoms with Crippen LogP contribution in [0.25, 0.3) is 10.2 Å². The second kappa shape index (κ2) is 9.23. The lowest BCUT2D eigenvalue weighted by Crippen LogP contribution is -2.12. The van der Waals surface area contributed by atoms with E-state index in [1.165, 1.54) is 16.6 Å². The number of carbonyl (C=O) groups excluding carboxylic acids is 2. The smallest absolute Gasteiger partial charge is 0.338 e. The fraction of sp³-hybridized carbons (Fsp3) is 0.300. The number of nitrogens with two attached hydrogens (primary N) is 1. The van der Waals surface area contributed by atoms with Crippen molar-refractivity contribution >= 4 is 56.7 Å². The van der Waals surface area contributed by atoms with E-state index in [2.05, 4.69) is 15.3 Å². The van der Waals surface area contributed by atoms with Crippen molar-refractivity contribution in [2.45, 2.75) is 32.3 Å². The van der Waals surface area contributed by atoms with Crippen LogP contribution in [0, 0.1) is 13.8 Å². The van der Waals surface area contributed by atoms with Crippen molar-refractivity contribution in [2.24, 2.45) is 0 Å². The Kier molecular flexibility index (Phi) is 6.71. The standard InChI is InChI=1S/C20H22N4O3S2/c1-4-27-19(26)13-5-7-14(8-6-13)22-15(25)9-10-28-20-23-17(21)16-11(2)12(3)29-18(16)24-20/h5-8H,4,9-10H2,1-3H3,(H,22,25)(H2,21,23,24). The van der Waals surface area contributed by atoms with Gasteiger partial charge in [0, 0.05) is 22.7 Å². The lowest BCUT2D eigenvalue weighted by molar-refractivity contribution is -0.115. The molecule has 3 aromatic rings. The van der Waals surface area contributed by atoms with E-state index in [1.807, 2.05) is 13.8 Å². The van der Waals surface area contributed by atoms with Gasteiger partial charge >= 0.3 is 5.97 Å². The van der Waals surface area contributed by atoms with Gasteiger partial charge in [-0.1, -0.05) is 11.8 Å². The van der Waals surface area contributed by atoms with Gasteiger partial charge in [-0.25, -0.2) is 14.8 Å². The molecule has 1 aromatic carbocycles. The highest BCUT2D eigenvalue weighted by Crippen LogP contribution is 2.33. The number of aromatic nitrogens is 2. The number of ether oxygens (including phenoxy) is 1. The van der Waals surface area contributed by atoms with Gasteiger partial charge < -0.3 is 15.8 Å². The van der Waals surface area contributed by atoms with Gasteiger partial charge in [0.2, 0.25) is 5.91 Å². The van der Waals surface area contributed by atoms with Gasteiger partial charge in [0.1, 0.15) is 10.6 Å². The van der Waals surface area contributed by atoms with Crippen molar-refractivity contribution in [3.63, 3.8) is 0 Å². The number of thioether (sulfide) groups is 1. The maximum atomic E-state index is 12.2. The number of esters is 1. The molecule has 0 spiro atoms. The summed E-state index contributed by atoms with van der Waals surface area (Å²) in [6.07, 6.45) is 0.300. The number of nitrogens with zero attached hydrogens (tertiary/aromatic N) is 2. The zero-order valence-electron chi connectivity index (χ0n) is 16.4. The van der Waals surface area contributed by atoms with Crippen molar-refractivity contribution in [1.82, 2.24) is 9.97 Å². The fourth-order valence-corrected chi connectivity index (χ4v) is 4.57. The Balaban J connectivity index is 1.53. The highest BCUT2D eigenvalue weighted by atomic mass is 32.2. The van der Waals surface area contributed by atoms with E-state index in [4.69, 9.17) is 10.5 Å². The summed E-state index contributed by atoms with van der Waals surface area (Å²) in [6, 6.07) is 6.60. The highest BCUT2D eigenvalue weighted by molar-refractivity contribution is 7.99. The van der Waals surface area contributed by atoms with Crippen LogP contribution in [-0.4, -0.2) is 34.2 Å². The fourth-order valence-electron chi connectivity index (χ4n) is 2.69. The van der Waals surface area contributed by atoms with Crippen molar-refractivity contribution in [2.75, 3.05) is 23.4 Å². The molecule has 152 valence electrons. The number of benzene rings is 1. The van der Waals surface area contributed by atoms with E-state index in [1.54, 1.807) is 42.5 Å². The summed E-state index contributed by atoms with van der Waals surface area (Å²) in [4.78, 5) is 34.8. The SMILES string of the molecule is CCOC(=O)c1ccc(NC(=O)CCSc2nc(N)c3c(C)c(C)sc3n2)cc1. The molecule has 3 N–H and O–H groups in total. The zero-order valence-corrected chi connectivity index (χ0v) is 18.1. The quantitative estimate of drug-likeness (QED) is 0.329. The third-order valence-electron chi connectivity index (χ3n) is 4.28. The summed E-state index contributed by atoms with van der Waals surface area (Å²) in [5, 5.41) is 4.30. The second-order valence-electron chi connectivity index (χ2n) is 6.30. The molecule has 0 aliphatic rings. The van der Waals surface area contributed by atoms with Crippen molar-refractivity contribution in [1.29, 1.82) is 0 Å². The number of fused-ring (bicyclic) bond motifs is 1. The van der Waals surface area contributed by atoms with Gasteiger partial charge in [-0.15, -0.1) is 11.3 Å².